The molecular weight excluding hydrogens is 440 g/mol. The zero-order chi connectivity index (χ0) is 24.2. The van der Waals surface area contributed by atoms with E-state index in [1.165, 1.54) is 4.68 Å². The summed E-state index contributed by atoms with van der Waals surface area (Å²) in [6.07, 6.45) is 0. The van der Waals surface area contributed by atoms with Crippen LogP contribution in [0.15, 0.2) is 89.7 Å². The van der Waals surface area contributed by atoms with E-state index in [1.807, 2.05) is 84.9 Å². The number of anilines is 2. The van der Waals surface area contributed by atoms with E-state index in [0.29, 0.717) is 30.2 Å². The van der Waals surface area contributed by atoms with Crippen LogP contribution < -0.4 is 15.8 Å². The molecule has 1 N–H and O–H groups in total. The lowest BCUT2D eigenvalue weighted by molar-refractivity contribution is 0.102. The highest BCUT2D eigenvalue weighted by Gasteiger charge is 2.24. The first kappa shape index (κ1) is 22.6. The number of morpholine rings is 1. The highest BCUT2D eigenvalue weighted by atomic mass is 16.5. The van der Waals surface area contributed by atoms with E-state index in [9.17, 15) is 9.59 Å². The number of hydrogen-bond donors (Lipinski definition) is 1. The Bertz CT molecular complexity index is 1380. The van der Waals surface area contributed by atoms with Crippen molar-refractivity contribution >= 4 is 17.3 Å². The first-order chi connectivity index (χ1) is 17.1. The molecule has 3 aromatic carbocycles. The van der Waals surface area contributed by atoms with E-state index < -0.39 is 11.5 Å². The predicted molar refractivity (Wildman–Crippen MR) is 138 cm³/mol. The smallest absolute Gasteiger partial charge is 0.280 e. The monoisotopic (exact) mass is 466 g/mol. The quantitative estimate of drug-likeness (QED) is 0.477. The fourth-order valence-electron chi connectivity index (χ4n) is 4.30. The normalized spacial score (nSPS) is 13.5. The average molecular weight is 467 g/mol. The van der Waals surface area contributed by atoms with Crippen LogP contribution in [-0.2, 0) is 11.8 Å². The van der Waals surface area contributed by atoms with Crippen molar-refractivity contribution in [2.75, 3.05) is 36.5 Å². The number of aromatic nitrogens is 2. The Morgan fingerprint density at radius 1 is 0.857 bits per heavy atom. The van der Waals surface area contributed by atoms with Gasteiger partial charge in [-0.05, 0) is 29.8 Å². The van der Waals surface area contributed by atoms with Crippen molar-refractivity contribution in [1.82, 2.24) is 9.78 Å². The zero-order valence-corrected chi connectivity index (χ0v) is 19.5. The number of rotatable bonds is 5. The largest absolute Gasteiger partial charge is 0.378 e. The van der Waals surface area contributed by atoms with Crippen molar-refractivity contribution in [3.8, 4) is 22.4 Å². The Kier molecular flexibility index (Phi) is 6.41. The summed E-state index contributed by atoms with van der Waals surface area (Å²) in [5.41, 5.74) is 3.97. The first-order valence-corrected chi connectivity index (χ1v) is 11.6. The standard InChI is InChI=1S/C28H26N4O3/c1-31-28(34)25(27(33)29-22-12-14-23(15-13-22)32-16-18-35-19-17-32)24(20-8-4-2-5-9-20)26(30-31)21-10-6-3-7-11-21/h2-15H,16-19H2,1H3,(H,29,33). The Labute approximate surface area is 203 Å². The van der Waals surface area contributed by atoms with Crippen LogP contribution in [0.5, 0.6) is 0 Å². The minimum absolute atomic E-state index is 0.0600. The molecule has 7 heteroatoms. The van der Waals surface area contributed by atoms with Gasteiger partial charge in [0.25, 0.3) is 11.5 Å². The van der Waals surface area contributed by atoms with Crippen molar-refractivity contribution in [1.29, 1.82) is 0 Å². The Morgan fingerprint density at radius 3 is 2.09 bits per heavy atom. The fraction of sp³-hybridized carbons (Fsp3) is 0.179. The third-order valence-corrected chi connectivity index (χ3v) is 6.08. The van der Waals surface area contributed by atoms with E-state index in [-0.39, 0.29) is 5.56 Å². The summed E-state index contributed by atoms with van der Waals surface area (Å²) in [7, 11) is 1.57. The predicted octanol–water partition coefficient (Wildman–Crippen LogP) is 4.20. The van der Waals surface area contributed by atoms with E-state index >= 15 is 0 Å². The maximum atomic E-state index is 13.6. The highest BCUT2D eigenvalue weighted by molar-refractivity contribution is 6.10. The number of nitrogens with zero attached hydrogens (tertiary/aromatic N) is 3. The topological polar surface area (TPSA) is 76.5 Å². The molecule has 7 nitrogen and oxygen atoms in total. The summed E-state index contributed by atoms with van der Waals surface area (Å²) in [4.78, 5) is 29.1. The van der Waals surface area contributed by atoms with Gasteiger partial charge in [-0.25, -0.2) is 4.68 Å². The minimum Gasteiger partial charge on any atom is -0.378 e. The van der Waals surface area contributed by atoms with Gasteiger partial charge in [-0.2, -0.15) is 5.10 Å². The Morgan fingerprint density at radius 2 is 1.46 bits per heavy atom. The maximum absolute atomic E-state index is 13.6. The van der Waals surface area contributed by atoms with Gasteiger partial charge in [0, 0.05) is 42.6 Å². The number of amides is 1. The third-order valence-electron chi connectivity index (χ3n) is 6.08. The van der Waals surface area contributed by atoms with Crippen molar-refractivity contribution in [2.24, 2.45) is 7.05 Å². The van der Waals surface area contributed by atoms with Crippen LogP contribution in [0.3, 0.4) is 0 Å². The third kappa shape index (κ3) is 4.72. The van der Waals surface area contributed by atoms with E-state index in [1.54, 1.807) is 7.05 Å². The molecule has 2 heterocycles. The molecule has 1 fully saturated rings. The molecular formula is C28H26N4O3. The second-order valence-corrected chi connectivity index (χ2v) is 8.36. The SMILES string of the molecule is Cn1nc(-c2ccccc2)c(-c2ccccc2)c(C(=O)Nc2ccc(N3CCOCC3)cc2)c1=O. The van der Waals surface area contributed by atoms with Gasteiger partial charge < -0.3 is 15.0 Å². The molecule has 35 heavy (non-hydrogen) atoms. The number of carbonyl (C=O) groups is 1. The van der Waals surface area contributed by atoms with Gasteiger partial charge in [-0.1, -0.05) is 60.7 Å². The molecule has 1 amide bonds. The van der Waals surface area contributed by atoms with Gasteiger partial charge >= 0.3 is 0 Å². The van der Waals surface area contributed by atoms with Crippen molar-refractivity contribution < 1.29 is 9.53 Å². The second-order valence-electron chi connectivity index (χ2n) is 8.36. The molecule has 0 spiro atoms. The maximum Gasteiger partial charge on any atom is 0.280 e. The van der Waals surface area contributed by atoms with Gasteiger partial charge in [0.15, 0.2) is 0 Å². The summed E-state index contributed by atoms with van der Waals surface area (Å²) in [6, 6.07) is 26.7. The number of aryl methyl sites for hydroxylation is 1. The summed E-state index contributed by atoms with van der Waals surface area (Å²) < 4.78 is 6.65. The summed E-state index contributed by atoms with van der Waals surface area (Å²) in [5, 5.41) is 7.46. The van der Waals surface area contributed by atoms with E-state index in [0.717, 1.165) is 29.9 Å². The van der Waals surface area contributed by atoms with Crippen LogP contribution in [0.25, 0.3) is 22.4 Å². The van der Waals surface area contributed by atoms with Crippen molar-refractivity contribution in [3.63, 3.8) is 0 Å². The summed E-state index contributed by atoms with van der Waals surface area (Å²) in [5.74, 6) is -0.469. The molecule has 4 aromatic rings. The average Bonchev–Trinajstić information content (AvgIpc) is 2.91. The van der Waals surface area contributed by atoms with Crippen LogP contribution in [0.1, 0.15) is 10.4 Å². The van der Waals surface area contributed by atoms with Gasteiger partial charge in [0.1, 0.15) is 5.56 Å². The second kappa shape index (κ2) is 9.95. The molecule has 0 atom stereocenters. The molecule has 1 aromatic heterocycles. The molecule has 1 aliphatic rings. The molecule has 1 aliphatic heterocycles. The minimum atomic E-state index is -0.469. The summed E-state index contributed by atoms with van der Waals surface area (Å²) in [6.45, 7) is 3.08. The molecule has 0 saturated carbocycles. The van der Waals surface area contributed by atoms with Crippen LogP contribution >= 0.6 is 0 Å². The van der Waals surface area contributed by atoms with Crippen LogP contribution in [0.4, 0.5) is 11.4 Å². The molecule has 176 valence electrons. The summed E-state index contributed by atoms with van der Waals surface area (Å²) >= 11 is 0. The first-order valence-electron chi connectivity index (χ1n) is 11.6. The van der Waals surface area contributed by atoms with Gasteiger partial charge in [-0.3, -0.25) is 9.59 Å². The molecule has 0 unspecified atom stereocenters. The lowest BCUT2D eigenvalue weighted by atomic mass is 9.95. The molecule has 0 aliphatic carbocycles. The lowest BCUT2D eigenvalue weighted by Gasteiger charge is -2.28. The Balaban J connectivity index is 1.55. The van der Waals surface area contributed by atoms with Crippen LogP contribution in [-0.4, -0.2) is 42.0 Å². The molecule has 0 radical (unpaired) electrons. The van der Waals surface area contributed by atoms with Crippen LogP contribution in [0, 0.1) is 0 Å². The molecule has 0 bridgehead atoms. The number of carbonyl (C=O) groups excluding carboxylic acids is 1. The number of nitrogens with one attached hydrogen (secondary N) is 1. The van der Waals surface area contributed by atoms with E-state index in [2.05, 4.69) is 15.3 Å². The number of hydrogen-bond acceptors (Lipinski definition) is 5. The highest BCUT2D eigenvalue weighted by Crippen LogP contribution is 2.32. The van der Waals surface area contributed by atoms with Crippen molar-refractivity contribution in [3.05, 3.63) is 101 Å². The van der Waals surface area contributed by atoms with Gasteiger partial charge in [0.05, 0.1) is 18.9 Å². The van der Waals surface area contributed by atoms with Gasteiger partial charge in [-0.15, -0.1) is 0 Å². The fourth-order valence-corrected chi connectivity index (χ4v) is 4.30. The zero-order valence-electron chi connectivity index (χ0n) is 19.5. The number of benzene rings is 3. The van der Waals surface area contributed by atoms with Crippen molar-refractivity contribution in [2.45, 2.75) is 0 Å². The Hall–Kier alpha value is -4.23. The lowest BCUT2D eigenvalue weighted by Crippen LogP contribution is -2.36. The molecule has 5 rings (SSSR count). The van der Waals surface area contributed by atoms with Gasteiger partial charge in [0.2, 0.25) is 0 Å². The number of ether oxygens (including phenoxy) is 1. The van der Waals surface area contributed by atoms with E-state index in [4.69, 9.17) is 4.74 Å². The van der Waals surface area contributed by atoms with Crippen LogP contribution in [0.2, 0.25) is 0 Å². The molecule has 1 saturated heterocycles.